The van der Waals surface area contributed by atoms with E-state index in [1.807, 2.05) is 30.3 Å². The topological polar surface area (TPSA) is 29.5 Å². The van der Waals surface area contributed by atoms with Crippen LogP contribution in [-0.2, 0) is 0 Å². The SMILES string of the molecule is C[C@H](O)c1ccc(F)cc1OCC#Cc1ccccc1. The van der Waals surface area contributed by atoms with Crippen molar-refractivity contribution in [3.8, 4) is 17.6 Å². The molecule has 0 amide bonds. The predicted molar refractivity (Wildman–Crippen MR) is 75.8 cm³/mol. The van der Waals surface area contributed by atoms with Gasteiger partial charge in [-0.15, -0.1) is 0 Å². The fraction of sp³-hybridized carbons (Fsp3) is 0.176. The van der Waals surface area contributed by atoms with Crippen molar-refractivity contribution in [3.63, 3.8) is 0 Å². The van der Waals surface area contributed by atoms with E-state index in [1.165, 1.54) is 18.2 Å². The summed E-state index contributed by atoms with van der Waals surface area (Å²) in [6, 6.07) is 13.6. The molecule has 2 aromatic rings. The predicted octanol–water partition coefficient (Wildman–Crippen LogP) is 3.31. The number of ether oxygens (including phenoxy) is 1. The first-order valence-corrected chi connectivity index (χ1v) is 6.31. The van der Waals surface area contributed by atoms with Gasteiger partial charge < -0.3 is 9.84 Å². The van der Waals surface area contributed by atoms with Crippen LogP contribution in [0.5, 0.6) is 5.75 Å². The molecular weight excluding hydrogens is 255 g/mol. The zero-order valence-electron chi connectivity index (χ0n) is 11.1. The summed E-state index contributed by atoms with van der Waals surface area (Å²) >= 11 is 0. The van der Waals surface area contributed by atoms with Crippen LogP contribution in [0.3, 0.4) is 0 Å². The number of hydrogen-bond acceptors (Lipinski definition) is 2. The van der Waals surface area contributed by atoms with Crippen LogP contribution in [0.4, 0.5) is 4.39 Å². The summed E-state index contributed by atoms with van der Waals surface area (Å²) in [6.07, 6.45) is -0.715. The van der Waals surface area contributed by atoms with E-state index in [9.17, 15) is 9.50 Å². The van der Waals surface area contributed by atoms with E-state index in [-0.39, 0.29) is 6.61 Å². The molecule has 0 unspecified atom stereocenters. The fourth-order valence-corrected chi connectivity index (χ4v) is 1.75. The Labute approximate surface area is 117 Å². The summed E-state index contributed by atoms with van der Waals surface area (Å²) in [6.45, 7) is 1.74. The van der Waals surface area contributed by atoms with E-state index >= 15 is 0 Å². The molecule has 0 spiro atoms. The van der Waals surface area contributed by atoms with Gasteiger partial charge in [-0.3, -0.25) is 0 Å². The lowest BCUT2D eigenvalue weighted by Gasteiger charge is -2.11. The standard InChI is InChI=1S/C17H15FO2/c1-13(19)16-10-9-15(18)12-17(16)20-11-5-8-14-6-3-2-4-7-14/h2-4,6-7,9-10,12-13,19H,11H2,1H3/t13-/m0/s1. The van der Waals surface area contributed by atoms with Crippen LogP contribution in [0, 0.1) is 17.7 Å². The second kappa shape index (κ2) is 6.74. The monoisotopic (exact) mass is 270 g/mol. The molecule has 2 aromatic carbocycles. The summed E-state index contributed by atoms with van der Waals surface area (Å²) in [5.74, 6) is 5.73. The lowest BCUT2D eigenvalue weighted by atomic mass is 10.1. The summed E-state index contributed by atoms with van der Waals surface area (Å²) in [7, 11) is 0. The van der Waals surface area contributed by atoms with Gasteiger partial charge in [-0.05, 0) is 31.2 Å². The largest absolute Gasteiger partial charge is 0.480 e. The van der Waals surface area contributed by atoms with E-state index in [0.29, 0.717) is 11.3 Å². The Bertz CT molecular complexity index is 624. The van der Waals surface area contributed by atoms with Crippen molar-refractivity contribution in [2.75, 3.05) is 6.61 Å². The van der Waals surface area contributed by atoms with Crippen molar-refractivity contribution in [1.82, 2.24) is 0 Å². The fourth-order valence-electron chi connectivity index (χ4n) is 1.75. The molecule has 2 nitrogen and oxygen atoms in total. The van der Waals surface area contributed by atoms with E-state index in [1.54, 1.807) is 6.92 Å². The summed E-state index contributed by atoms with van der Waals surface area (Å²) in [5, 5.41) is 9.59. The molecular formula is C17H15FO2. The average Bonchev–Trinajstić information content (AvgIpc) is 2.44. The molecule has 0 fully saturated rings. The van der Waals surface area contributed by atoms with Gasteiger partial charge in [-0.25, -0.2) is 4.39 Å². The van der Waals surface area contributed by atoms with Gasteiger partial charge in [0.15, 0.2) is 0 Å². The number of aliphatic hydroxyl groups is 1. The van der Waals surface area contributed by atoms with Gasteiger partial charge in [0.2, 0.25) is 0 Å². The minimum absolute atomic E-state index is 0.137. The van der Waals surface area contributed by atoms with Gasteiger partial charge in [0.25, 0.3) is 0 Å². The van der Waals surface area contributed by atoms with Crippen LogP contribution >= 0.6 is 0 Å². The van der Waals surface area contributed by atoms with Crippen molar-refractivity contribution in [2.45, 2.75) is 13.0 Å². The Hall–Kier alpha value is -2.31. The molecule has 0 aliphatic rings. The highest BCUT2D eigenvalue weighted by atomic mass is 19.1. The summed E-state index contributed by atoms with van der Waals surface area (Å²) in [4.78, 5) is 0. The molecule has 102 valence electrons. The molecule has 1 N–H and O–H groups in total. The summed E-state index contributed by atoms with van der Waals surface area (Å²) in [5.41, 5.74) is 1.44. The molecule has 2 rings (SSSR count). The maximum atomic E-state index is 13.2. The Morgan fingerprint density at radius 3 is 2.65 bits per heavy atom. The van der Waals surface area contributed by atoms with Gasteiger partial charge in [0, 0.05) is 17.2 Å². The van der Waals surface area contributed by atoms with Crippen LogP contribution < -0.4 is 4.74 Å². The smallest absolute Gasteiger partial charge is 0.149 e. The van der Waals surface area contributed by atoms with E-state index in [0.717, 1.165) is 5.56 Å². The van der Waals surface area contributed by atoms with E-state index < -0.39 is 11.9 Å². The minimum atomic E-state index is -0.715. The van der Waals surface area contributed by atoms with Gasteiger partial charge in [-0.2, -0.15) is 0 Å². The van der Waals surface area contributed by atoms with Gasteiger partial charge in [-0.1, -0.05) is 30.0 Å². The van der Waals surface area contributed by atoms with Gasteiger partial charge in [0.05, 0.1) is 6.10 Å². The number of benzene rings is 2. The highest BCUT2D eigenvalue weighted by molar-refractivity contribution is 5.37. The molecule has 20 heavy (non-hydrogen) atoms. The van der Waals surface area contributed by atoms with Crippen LogP contribution in [0.25, 0.3) is 0 Å². The van der Waals surface area contributed by atoms with Crippen molar-refractivity contribution in [3.05, 3.63) is 65.5 Å². The van der Waals surface area contributed by atoms with Crippen molar-refractivity contribution in [1.29, 1.82) is 0 Å². The molecule has 0 saturated carbocycles. The Morgan fingerprint density at radius 1 is 1.20 bits per heavy atom. The van der Waals surface area contributed by atoms with Crippen LogP contribution in [-0.4, -0.2) is 11.7 Å². The molecule has 0 radical (unpaired) electrons. The molecule has 3 heteroatoms. The van der Waals surface area contributed by atoms with E-state index in [2.05, 4.69) is 11.8 Å². The number of rotatable bonds is 3. The third kappa shape index (κ3) is 3.84. The third-order valence-electron chi connectivity index (χ3n) is 2.73. The Kier molecular flexibility index (Phi) is 4.75. The minimum Gasteiger partial charge on any atom is -0.480 e. The zero-order chi connectivity index (χ0) is 14.4. The highest BCUT2D eigenvalue weighted by Crippen LogP contribution is 2.25. The van der Waals surface area contributed by atoms with Crippen molar-refractivity contribution in [2.24, 2.45) is 0 Å². The second-order valence-corrected chi connectivity index (χ2v) is 4.31. The summed E-state index contributed by atoms with van der Waals surface area (Å²) < 4.78 is 18.6. The van der Waals surface area contributed by atoms with Gasteiger partial charge in [0.1, 0.15) is 18.2 Å². The third-order valence-corrected chi connectivity index (χ3v) is 2.73. The molecule has 0 aromatic heterocycles. The quantitative estimate of drug-likeness (QED) is 0.867. The zero-order valence-corrected chi connectivity index (χ0v) is 11.1. The van der Waals surface area contributed by atoms with E-state index in [4.69, 9.17) is 4.74 Å². The lowest BCUT2D eigenvalue weighted by Crippen LogP contribution is -2.01. The van der Waals surface area contributed by atoms with Crippen molar-refractivity contribution < 1.29 is 14.2 Å². The lowest BCUT2D eigenvalue weighted by molar-refractivity contribution is 0.193. The maximum absolute atomic E-state index is 13.2. The molecule has 0 aliphatic heterocycles. The number of aliphatic hydroxyl groups excluding tert-OH is 1. The highest BCUT2D eigenvalue weighted by Gasteiger charge is 2.09. The number of hydrogen-bond donors (Lipinski definition) is 1. The van der Waals surface area contributed by atoms with Crippen molar-refractivity contribution >= 4 is 0 Å². The first-order chi connectivity index (χ1) is 9.66. The Balaban J connectivity index is 2.05. The molecule has 1 atom stereocenters. The average molecular weight is 270 g/mol. The first kappa shape index (κ1) is 14.1. The number of halogens is 1. The normalized spacial score (nSPS) is 11.3. The maximum Gasteiger partial charge on any atom is 0.149 e. The van der Waals surface area contributed by atoms with Gasteiger partial charge >= 0.3 is 0 Å². The second-order valence-electron chi connectivity index (χ2n) is 4.31. The first-order valence-electron chi connectivity index (χ1n) is 6.31. The van der Waals surface area contributed by atoms with Crippen LogP contribution in [0.1, 0.15) is 24.2 Å². The molecule has 0 aliphatic carbocycles. The molecule has 0 saturated heterocycles. The molecule has 0 bridgehead atoms. The van der Waals surface area contributed by atoms with Crippen LogP contribution in [0.15, 0.2) is 48.5 Å². The van der Waals surface area contributed by atoms with Crippen LogP contribution in [0.2, 0.25) is 0 Å². The Morgan fingerprint density at radius 2 is 1.95 bits per heavy atom. The molecule has 0 heterocycles.